The molecule has 1 aromatic carbocycles. The zero-order valence-electron chi connectivity index (χ0n) is 10.1. The maximum atomic E-state index is 11.8. The van der Waals surface area contributed by atoms with Gasteiger partial charge in [0.25, 0.3) is 0 Å². The van der Waals surface area contributed by atoms with Crippen molar-refractivity contribution in [2.45, 2.75) is 6.92 Å². The van der Waals surface area contributed by atoms with Crippen molar-refractivity contribution >= 4 is 17.7 Å². The lowest BCUT2D eigenvalue weighted by Gasteiger charge is -2.20. The minimum absolute atomic E-state index is 0.0332. The highest BCUT2D eigenvalue weighted by Crippen LogP contribution is 2.15. The van der Waals surface area contributed by atoms with Crippen molar-refractivity contribution in [2.24, 2.45) is 0 Å². The molecule has 0 atom stereocenters. The van der Waals surface area contributed by atoms with Crippen LogP contribution in [-0.4, -0.2) is 46.8 Å². The number of anilines is 1. The molecule has 0 saturated heterocycles. The average molecular weight is 252 g/mol. The molecule has 0 bridgehead atoms. The smallest absolute Gasteiger partial charge is 0.337 e. The lowest BCUT2D eigenvalue weighted by molar-refractivity contribution is 0.0698. The summed E-state index contributed by atoms with van der Waals surface area (Å²) in [6, 6.07) is 5.74. The molecule has 2 amide bonds. The van der Waals surface area contributed by atoms with E-state index in [-0.39, 0.29) is 24.4 Å². The van der Waals surface area contributed by atoms with Crippen LogP contribution in [0.3, 0.4) is 0 Å². The predicted molar refractivity (Wildman–Crippen MR) is 66.8 cm³/mol. The summed E-state index contributed by atoms with van der Waals surface area (Å²) in [7, 11) is 0. The highest BCUT2D eigenvalue weighted by Gasteiger charge is 2.15. The molecule has 18 heavy (non-hydrogen) atoms. The molecule has 6 nitrogen and oxygen atoms in total. The largest absolute Gasteiger partial charge is 0.478 e. The number of hydrogen-bond donors (Lipinski definition) is 3. The van der Waals surface area contributed by atoms with E-state index in [1.807, 2.05) is 0 Å². The summed E-state index contributed by atoms with van der Waals surface area (Å²) in [6.45, 7) is 2.28. The summed E-state index contributed by atoms with van der Waals surface area (Å²) in [5, 5.41) is 20.3. The van der Waals surface area contributed by atoms with Gasteiger partial charge in [0, 0.05) is 13.1 Å². The van der Waals surface area contributed by atoms with Gasteiger partial charge in [0.2, 0.25) is 0 Å². The van der Waals surface area contributed by atoms with Gasteiger partial charge in [-0.1, -0.05) is 12.1 Å². The Morgan fingerprint density at radius 3 is 2.56 bits per heavy atom. The van der Waals surface area contributed by atoms with E-state index < -0.39 is 12.0 Å². The number of para-hydroxylation sites is 1. The number of rotatable bonds is 5. The van der Waals surface area contributed by atoms with Gasteiger partial charge in [0.15, 0.2) is 0 Å². The van der Waals surface area contributed by atoms with Gasteiger partial charge in [-0.05, 0) is 19.1 Å². The summed E-state index contributed by atoms with van der Waals surface area (Å²) in [5.41, 5.74) is 0.275. The minimum atomic E-state index is -1.10. The van der Waals surface area contributed by atoms with E-state index in [0.29, 0.717) is 6.54 Å². The van der Waals surface area contributed by atoms with Crippen molar-refractivity contribution in [2.75, 3.05) is 25.0 Å². The van der Waals surface area contributed by atoms with Gasteiger partial charge in [0.1, 0.15) is 0 Å². The van der Waals surface area contributed by atoms with E-state index in [1.165, 1.54) is 17.0 Å². The standard InChI is InChI=1S/C12H16N2O4/c1-2-14(7-8-15)12(18)13-10-6-4-3-5-9(10)11(16)17/h3-6,15H,2,7-8H2,1H3,(H,13,18)(H,16,17). The molecule has 1 rings (SSSR count). The number of aliphatic hydroxyl groups is 1. The van der Waals surface area contributed by atoms with E-state index in [0.717, 1.165) is 0 Å². The molecular weight excluding hydrogens is 236 g/mol. The van der Waals surface area contributed by atoms with E-state index >= 15 is 0 Å². The van der Waals surface area contributed by atoms with Gasteiger partial charge < -0.3 is 20.4 Å². The third kappa shape index (κ3) is 3.46. The van der Waals surface area contributed by atoms with Crippen LogP contribution in [0.4, 0.5) is 10.5 Å². The Hall–Kier alpha value is -2.08. The fourth-order valence-electron chi connectivity index (χ4n) is 1.50. The summed E-state index contributed by atoms with van der Waals surface area (Å²) >= 11 is 0. The molecule has 0 heterocycles. The number of carbonyl (C=O) groups excluding carboxylic acids is 1. The van der Waals surface area contributed by atoms with Gasteiger partial charge in [0.05, 0.1) is 17.9 Å². The number of carboxylic acids is 1. The summed E-state index contributed by atoms with van der Waals surface area (Å²) in [5.74, 6) is -1.10. The molecule has 0 aromatic heterocycles. The Kier molecular flexibility index (Phi) is 5.13. The van der Waals surface area contributed by atoms with Crippen LogP contribution in [0.1, 0.15) is 17.3 Å². The van der Waals surface area contributed by atoms with E-state index in [2.05, 4.69) is 5.32 Å². The number of amides is 2. The second-order valence-corrected chi connectivity index (χ2v) is 3.58. The highest BCUT2D eigenvalue weighted by atomic mass is 16.4. The molecule has 0 spiro atoms. The molecule has 0 unspecified atom stereocenters. The summed E-state index contributed by atoms with van der Waals surface area (Å²) in [4.78, 5) is 24.2. The fourth-order valence-corrected chi connectivity index (χ4v) is 1.50. The van der Waals surface area contributed by atoms with Crippen molar-refractivity contribution in [1.29, 1.82) is 0 Å². The van der Waals surface area contributed by atoms with Crippen molar-refractivity contribution in [3.8, 4) is 0 Å². The topological polar surface area (TPSA) is 89.9 Å². The number of aliphatic hydroxyl groups excluding tert-OH is 1. The molecule has 3 N–H and O–H groups in total. The lowest BCUT2D eigenvalue weighted by atomic mass is 10.2. The Labute approximate surface area is 105 Å². The fraction of sp³-hybridized carbons (Fsp3) is 0.333. The van der Waals surface area contributed by atoms with Gasteiger partial charge >= 0.3 is 12.0 Å². The molecule has 0 saturated carbocycles. The number of aromatic carboxylic acids is 1. The molecule has 1 aromatic rings. The minimum Gasteiger partial charge on any atom is -0.478 e. The van der Waals surface area contributed by atoms with Crippen molar-refractivity contribution in [3.05, 3.63) is 29.8 Å². The van der Waals surface area contributed by atoms with Crippen LogP contribution in [0, 0.1) is 0 Å². The highest BCUT2D eigenvalue weighted by molar-refractivity contribution is 5.99. The van der Waals surface area contributed by atoms with Crippen molar-refractivity contribution in [3.63, 3.8) is 0 Å². The second-order valence-electron chi connectivity index (χ2n) is 3.58. The van der Waals surface area contributed by atoms with Crippen LogP contribution < -0.4 is 5.32 Å². The zero-order chi connectivity index (χ0) is 13.5. The Morgan fingerprint density at radius 2 is 2.00 bits per heavy atom. The third-order valence-corrected chi connectivity index (χ3v) is 2.44. The van der Waals surface area contributed by atoms with Gasteiger partial charge in [-0.2, -0.15) is 0 Å². The van der Waals surface area contributed by atoms with Crippen LogP contribution >= 0.6 is 0 Å². The first kappa shape index (κ1) is 14.0. The summed E-state index contributed by atoms with van der Waals surface area (Å²) in [6.07, 6.45) is 0. The SMILES string of the molecule is CCN(CCO)C(=O)Nc1ccccc1C(=O)O. The normalized spacial score (nSPS) is 9.89. The average Bonchev–Trinajstić information content (AvgIpc) is 2.36. The van der Waals surface area contributed by atoms with E-state index in [1.54, 1.807) is 19.1 Å². The molecule has 6 heteroatoms. The third-order valence-electron chi connectivity index (χ3n) is 2.44. The van der Waals surface area contributed by atoms with E-state index in [4.69, 9.17) is 10.2 Å². The quantitative estimate of drug-likeness (QED) is 0.735. The van der Waals surface area contributed by atoms with E-state index in [9.17, 15) is 9.59 Å². The number of carboxylic acid groups (broad SMARTS) is 1. The van der Waals surface area contributed by atoms with Crippen LogP contribution in [0.5, 0.6) is 0 Å². The summed E-state index contributed by atoms with van der Waals surface area (Å²) < 4.78 is 0. The Balaban J connectivity index is 2.84. The first-order valence-electron chi connectivity index (χ1n) is 5.59. The number of carbonyl (C=O) groups is 2. The first-order chi connectivity index (χ1) is 8.60. The first-order valence-corrected chi connectivity index (χ1v) is 5.59. The van der Waals surface area contributed by atoms with Crippen LogP contribution in [-0.2, 0) is 0 Å². The molecule has 0 aliphatic rings. The Morgan fingerprint density at radius 1 is 1.33 bits per heavy atom. The molecule has 0 radical (unpaired) electrons. The monoisotopic (exact) mass is 252 g/mol. The number of urea groups is 1. The maximum Gasteiger partial charge on any atom is 0.337 e. The number of benzene rings is 1. The predicted octanol–water partition coefficient (Wildman–Crippen LogP) is 1.23. The van der Waals surface area contributed by atoms with Crippen molar-refractivity contribution in [1.82, 2.24) is 4.90 Å². The number of nitrogens with one attached hydrogen (secondary N) is 1. The number of nitrogens with zero attached hydrogens (tertiary/aromatic N) is 1. The molecule has 98 valence electrons. The van der Waals surface area contributed by atoms with Crippen molar-refractivity contribution < 1.29 is 19.8 Å². The van der Waals surface area contributed by atoms with Crippen LogP contribution in [0.15, 0.2) is 24.3 Å². The number of hydrogen-bond acceptors (Lipinski definition) is 3. The molecule has 0 aliphatic heterocycles. The molecular formula is C12H16N2O4. The maximum absolute atomic E-state index is 11.8. The molecule has 0 aliphatic carbocycles. The Bertz CT molecular complexity index is 434. The van der Waals surface area contributed by atoms with Crippen LogP contribution in [0.2, 0.25) is 0 Å². The number of likely N-dealkylation sites (N-methyl/N-ethyl adjacent to an activating group) is 1. The lowest BCUT2D eigenvalue weighted by Crippen LogP contribution is -2.37. The van der Waals surface area contributed by atoms with Gasteiger partial charge in [-0.25, -0.2) is 9.59 Å². The second kappa shape index (κ2) is 6.61. The zero-order valence-corrected chi connectivity index (χ0v) is 10.1. The van der Waals surface area contributed by atoms with Crippen LogP contribution in [0.25, 0.3) is 0 Å². The molecule has 0 fully saturated rings. The van der Waals surface area contributed by atoms with Gasteiger partial charge in [-0.3, -0.25) is 0 Å². The van der Waals surface area contributed by atoms with Gasteiger partial charge in [-0.15, -0.1) is 0 Å².